The number of hydrogen-bond donors (Lipinski definition) is 1. The minimum Gasteiger partial charge on any atom is -0.349 e. The molecule has 1 aromatic carbocycles. The van der Waals surface area contributed by atoms with Crippen molar-refractivity contribution in [2.24, 2.45) is 0 Å². The molecule has 1 N–H and O–H groups in total. The number of carbonyl (C=O) groups is 1. The summed E-state index contributed by atoms with van der Waals surface area (Å²) in [6, 6.07) is 3.47. The molecule has 0 bridgehead atoms. The molecule has 2 heterocycles. The SMILES string of the molecule is CN1C(=O)c2c(Cl)cc(Cl)cc2N2CCNCCC12. The Labute approximate surface area is 122 Å². The highest BCUT2D eigenvalue weighted by Crippen LogP contribution is 2.38. The van der Waals surface area contributed by atoms with Gasteiger partial charge in [-0.2, -0.15) is 0 Å². The van der Waals surface area contributed by atoms with E-state index in [1.165, 1.54) is 0 Å². The minimum atomic E-state index is -0.0279. The molecule has 2 aliphatic heterocycles. The molecule has 0 spiro atoms. The molecule has 0 radical (unpaired) electrons. The van der Waals surface area contributed by atoms with Gasteiger partial charge in [0, 0.05) is 25.2 Å². The molecular weight excluding hydrogens is 285 g/mol. The highest BCUT2D eigenvalue weighted by molar-refractivity contribution is 6.38. The quantitative estimate of drug-likeness (QED) is 0.798. The molecule has 0 aliphatic carbocycles. The summed E-state index contributed by atoms with van der Waals surface area (Å²) < 4.78 is 0. The fourth-order valence-electron chi connectivity index (χ4n) is 2.85. The summed E-state index contributed by atoms with van der Waals surface area (Å²) in [6.07, 6.45) is 0.968. The molecular formula is C13H15Cl2N3O. The number of amides is 1. The largest absolute Gasteiger partial charge is 0.349 e. The van der Waals surface area contributed by atoms with Crippen LogP contribution in [0.1, 0.15) is 16.8 Å². The van der Waals surface area contributed by atoms with E-state index >= 15 is 0 Å². The smallest absolute Gasteiger partial charge is 0.258 e. The summed E-state index contributed by atoms with van der Waals surface area (Å²) in [5.41, 5.74) is 1.42. The lowest BCUT2D eigenvalue weighted by Gasteiger charge is -2.43. The Morgan fingerprint density at radius 1 is 1.32 bits per heavy atom. The third kappa shape index (κ3) is 2.08. The first-order valence-electron chi connectivity index (χ1n) is 6.33. The lowest BCUT2D eigenvalue weighted by molar-refractivity contribution is 0.0705. The Morgan fingerprint density at radius 3 is 2.89 bits per heavy atom. The average molecular weight is 300 g/mol. The van der Waals surface area contributed by atoms with E-state index in [0.29, 0.717) is 15.6 Å². The standard InChI is InChI=1S/C13H15Cl2N3O/c1-17-11-2-3-16-4-5-18(11)10-7-8(14)6-9(15)12(10)13(17)19/h6-7,11,16H,2-5H2,1H3. The maximum atomic E-state index is 12.5. The minimum absolute atomic E-state index is 0.0279. The van der Waals surface area contributed by atoms with Gasteiger partial charge in [-0.3, -0.25) is 4.79 Å². The first kappa shape index (κ1) is 13.0. The molecule has 102 valence electrons. The maximum Gasteiger partial charge on any atom is 0.258 e. The van der Waals surface area contributed by atoms with Crippen molar-refractivity contribution in [1.29, 1.82) is 0 Å². The second-order valence-electron chi connectivity index (χ2n) is 4.91. The van der Waals surface area contributed by atoms with E-state index in [9.17, 15) is 4.79 Å². The van der Waals surface area contributed by atoms with Gasteiger partial charge in [-0.1, -0.05) is 23.2 Å². The van der Waals surface area contributed by atoms with E-state index in [1.807, 2.05) is 13.1 Å². The molecule has 1 fully saturated rings. The lowest BCUT2D eigenvalue weighted by Crippen LogP contribution is -2.53. The van der Waals surface area contributed by atoms with Gasteiger partial charge in [0.2, 0.25) is 0 Å². The van der Waals surface area contributed by atoms with E-state index in [2.05, 4.69) is 10.2 Å². The number of fused-ring (bicyclic) bond motifs is 3. The molecule has 19 heavy (non-hydrogen) atoms. The number of nitrogens with zero attached hydrogens (tertiary/aromatic N) is 2. The zero-order chi connectivity index (χ0) is 13.6. The van der Waals surface area contributed by atoms with Crippen molar-refractivity contribution >= 4 is 34.8 Å². The number of halogens is 2. The van der Waals surface area contributed by atoms with Gasteiger partial charge in [-0.05, 0) is 25.1 Å². The summed E-state index contributed by atoms with van der Waals surface area (Å²) in [4.78, 5) is 16.5. The van der Waals surface area contributed by atoms with Crippen molar-refractivity contribution in [2.45, 2.75) is 12.6 Å². The van der Waals surface area contributed by atoms with Crippen LogP contribution in [0.5, 0.6) is 0 Å². The van der Waals surface area contributed by atoms with Crippen molar-refractivity contribution in [2.75, 3.05) is 31.6 Å². The van der Waals surface area contributed by atoms with Crippen molar-refractivity contribution in [3.8, 4) is 0 Å². The fourth-order valence-corrected chi connectivity index (χ4v) is 3.42. The van der Waals surface area contributed by atoms with Crippen molar-refractivity contribution in [3.63, 3.8) is 0 Å². The summed E-state index contributed by atoms with van der Waals surface area (Å²) in [6.45, 7) is 2.64. The van der Waals surface area contributed by atoms with Gasteiger partial charge in [-0.25, -0.2) is 0 Å². The summed E-state index contributed by atoms with van der Waals surface area (Å²) >= 11 is 12.3. The molecule has 4 nitrogen and oxygen atoms in total. The molecule has 6 heteroatoms. The Kier molecular flexibility index (Phi) is 3.33. The van der Waals surface area contributed by atoms with E-state index in [0.717, 1.165) is 31.7 Å². The maximum absolute atomic E-state index is 12.5. The predicted octanol–water partition coefficient (Wildman–Crippen LogP) is 2.20. The second kappa shape index (κ2) is 4.85. The van der Waals surface area contributed by atoms with Crippen LogP contribution in [-0.4, -0.2) is 43.7 Å². The van der Waals surface area contributed by atoms with Crippen LogP contribution in [0, 0.1) is 0 Å². The van der Waals surface area contributed by atoms with E-state index in [4.69, 9.17) is 23.2 Å². The molecule has 1 unspecified atom stereocenters. The van der Waals surface area contributed by atoms with Crippen LogP contribution in [0.3, 0.4) is 0 Å². The Bertz CT molecular complexity index is 535. The van der Waals surface area contributed by atoms with E-state index < -0.39 is 0 Å². The Balaban J connectivity index is 2.16. The normalized spacial score (nSPS) is 22.9. The van der Waals surface area contributed by atoms with Crippen molar-refractivity contribution < 1.29 is 4.79 Å². The number of nitrogens with one attached hydrogen (secondary N) is 1. The third-order valence-electron chi connectivity index (χ3n) is 3.79. The van der Waals surface area contributed by atoms with Gasteiger partial charge in [0.15, 0.2) is 0 Å². The summed E-state index contributed by atoms with van der Waals surface area (Å²) in [5, 5.41) is 4.35. The number of anilines is 1. The van der Waals surface area contributed by atoms with Gasteiger partial charge in [0.25, 0.3) is 5.91 Å². The van der Waals surface area contributed by atoms with Crippen molar-refractivity contribution in [1.82, 2.24) is 10.2 Å². The number of benzene rings is 1. The Hall–Kier alpha value is -0.970. The molecule has 0 saturated carbocycles. The highest BCUT2D eigenvalue weighted by atomic mass is 35.5. The zero-order valence-electron chi connectivity index (χ0n) is 10.6. The van der Waals surface area contributed by atoms with E-state index in [-0.39, 0.29) is 12.1 Å². The van der Waals surface area contributed by atoms with Crippen LogP contribution in [0.25, 0.3) is 0 Å². The topological polar surface area (TPSA) is 35.6 Å². The molecule has 3 rings (SSSR count). The second-order valence-corrected chi connectivity index (χ2v) is 5.75. The number of rotatable bonds is 0. The van der Waals surface area contributed by atoms with Crippen LogP contribution in [-0.2, 0) is 0 Å². The number of carbonyl (C=O) groups excluding carboxylic acids is 1. The first-order valence-corrected chi connectivity index (χ1v) is 7.09. The fraction of sp³-hybridized carbons (Fsp3) is 0.462. The summed E-state index contributed by atoms with van der Waals surface area (Å²) in [7, 11) is 1.83. The molecule has 1 amide bonds. The van der Waals surface area contributed by atoms with Crippen LogP contribution in [0.2, 0.25) is 10.0 Å². The average Bonchev–Trinajstić information content (AvgIpc) is 2.60. The first-order chi connectivity index (χ1) is 9.09. The highest BCUT2D eigenvalue weighted by Gasteiger charge is 2.37. The molecule has 2 aliphatic rings. The van der Waals surface area contributed by atoms with Crippen molar-refractivity contribution in [3.05, 3.63) is 27.7 Å². The molecule has 1 aromatic rings. The monoisotopic (exact) mass is 299 g/mol. The molecule has 0 aromatic heterocycles. The van der Waals surface area contributed by atoms with Crippen LogP contribution >= 0.6 is 23.2 Å². The van der Waals surface area contributed by atoms with Gasteiger partial charge >= 0.3 is 0 Å². The molecule has 1 atom stereocenters. The Morgan fingerprint density at radius 2 is 2.11 bits per heavy atom. The number of hydrogen-bond acceptors (Lipinski definition) is 3. The van der Waals surface area contributed by atoms with Crippen LogP contribution < -0.4 is 10.2 Å². The van der Waals surface area contributed by atoms with Gasteiger partial charge in [0.1, 0.15) is 6.17 Å². The van der Waals surface area contributed by atoms with E-state index in [1.54, 1.807) is 11.0 Å². The van der Waals surface area contributed by atoms with Crippen LogP contribution in [0.4, 0.5) is 5.69 Å². The van der Waals surface area contributed by atoms with Crippen LogP contribution in [0.15, 0.2) is 12.1 Å². The predicted molar refractivity (Wildman–Crippen MR) is 77.2 cm³/mol. The van der Waals surface area contributed by atoms with Gasteiger partial charge < -0.3 is 15.1 Å². The van der Waals surface area contributed by atoms with Gasteiger partial charge in [-0.15, -0.1) is 0 Å². The molecule has 1 saturated heterocycles. The van der Waals surface area contributed by atoms with Gasteiger partial charge in [0.05, 0.1) is 16.3 Å². The zero-order valence-corrected chi connectivity index (χ0v) is 12.1. The summed E-state index contributed by atoms with van der Waals surface area (Å²) in [5.74, 6) is -0.0279. The lowest BCUT2D eigenvalue weighted by atomic mass is 10.0. The third-order valence-corrected chi connectivity index (χ3v) is 4.31.